The van der Waals surface area contributed by atoms with Gasteiger partial charge < -0.3 is 4.90 Å². The minimum atomic E-state index is 0.774. The van der Waals surface area contributed by atoms with E-state index in [0.717, 1.165) is 5.02 Å². The van der Waals surface area contributed by atoms with Crippen molar-refractivity contribution in [1.82, 2.24) is 0 Å². The molecule has 2 aromatic rings. The Hall–Kier alpha value is -0.390. The van der Waals surface area contributed by atoms with E-state index in [0.29, 0.717) is 0 Å². The largest absolute Gasteiger partial charge is 0.378 e. The summed E-state index contributed by atoms with van der Waals surface area (Å²) in [5.41, 5.74) is 1.22. The zero-order valence-electron chi connectivity index (χ0n) is 10.2. The average molecular weight is 390 g/mol. The second kappa shape index (κ2) is 6.17. The maximum Gasteiger partial charge on any atom is 0.0406 e. The number of hydrogen-bond acceptors (Lipinski definition) is 2. The van der Waals surface area contributed by atoms with E-state index in [1.54, 1.807) is 11.8 Å². The van der Waals surface area contributed by atoms with Crippen molar-refractivity contribution in [2.24, 2.45) is 0 Å². The van der Waals surface area contributed by atoms with Crippen LogP contribution in [0.25, 0.3) is 0 Å². The standard InChI is InChI=1S/C14H13ClINS/c1-17(2)12-7-11(16)8-14(9-12)18-13-5-3-10(15)4-6-13/h3-9H,1-2H3. The maximum atomic E-state index is 5.89. The predicted octanol–water partition coefficient (Wildman–Crippen LogP) is 5.16. The summed E-state index contributed by atoms with van der Waals surface area (Å²) in [5.74, 6) is 0. The zero-order chi connectivity index (χ0) is 13.1. The predicted molar refractivity (Wildman–Crippen MR) is 89.1 cm³/mol. The van der Waals surface area contributed by atoms with Crippen LogP contribution in [0.4, 0.5) is 5.69 Å². The van der Waals surface area contributed by atoms with Crippen molar-refractivity contribution in [2.75, 3.05) is 19.0 Å². The van der Waals surface area contributed by atoms with Crippen LogP contribution >= 0.6 is 46.0 Å². The summed E-state index contributed by atoms with van der Waals surface area (Å²) in [4.78, 5) is 4.56. The molecule has 18 heavy (non-hydrogen) atoms. The second-order valence-electron chi connectivity index (χ2n) is 4.10. The van der Waals surface area contributed by atoms with Gasteiger partial charge in [0, 0.05) is 38.2 Å². The molecule has 0 unspecified atom stereocenters. The molecule has 0 spiro atoms. The molecule has 0 atom stereocenters. The van der Waals surface area contributed by atoms with E-state index in [2.05, 4.69) is 59.8 Å². The van der Waals surface area contributed by atoms with Crippen LogP contribution in [0.1, 0.15) is 0 Å². The van der Waals surface area contributed by atoms with Crippen LogP contribution in [-0.4, -0.2) is 14.1 Å². The number of nitrogens with zero attached hydrogens (tertiary/aromatic N) is 1. The molecule has 0 fully saturated rings. The van der Waals surface area contributed by atoms with Crippen LogP contribution in [0.5, 0.6) is 0 Å². The minimum absolute atomic E-state index is 0.774. The normalized spacial score (nSPS) is 10.4. The number of hydrogen-bond donors (Lipinski definition) is 0. The number of benzene rings is 2. The minimum Gasteiger partial charge on any atom is -0.378 e. The van der Waals surface area contributed by atoms with E-state index in [4.69, 9.17) is 11.6 Å². The fraction of sp³-hybridized carbons (Fsp3) is 0.143. The maximum absolute atomic E-state index is 5.89. The molecule has 0 radical (unpaired) electrons. The molecule has 94 valence electrons. The first-order valence-corrected chi connectivity index (χ1v) is 7.73. The summed E-state index contributed by atoms with van der Waals surface area (Å²) in [6, 6.07) is 14.5. The first-order chi connectivity index (χ1) is 8.54. The molecule has 0 saturated heterocycles. The molecule has 1 nitrogen and oxygen atoms in total. The quantitative estimate of drug-likeness (QED) is 0.667. The molecule has 0 amide bonds. The lowest BCUT2D eigenvalue weighted by atomic mass is 10.3. The van der Waals surface area contributed by atoms with Crippen LogP contribution in [0.15, 0.2) is 52.3 Å². The van der Waals surface area contributed by atoms with E-state index in [1.807, 2.05) is 24.3 Å². The Bertz CT molecular complexity index is 540. The molecular formula is C14H13ClINS. The van der Waals surface area contributed by atoms with Crippen molar-refractivity contribution in [2.45, 2.75) is 9.79 Å². The molecule has 0 aliphatic rings. The summed E-state index contributed by atoms with van der Waals surface area (Å²) in [7, 11) is 4.12. The van der Waals surface area contributed by atoms with Gasteiger partial charge in [-0.05, 0) is 65.1 Å². The van der Waals surface area contributed by atoms with Gasteiger partial charge in [-0.25, -0.2) is 0 Å². The van der Waals surface area contributed by atoms with E-state index < -0.39 is 0 Å². The van der Waals surface area contributed by atoms with E-state index in [-0.39, 0.29) is 0 Å². The molecule has 2 rings (SSSR count). The van der Waals surface area contributed by atoms with Crippen molar-refractivity contribution in [3.05, 3.63) is 51.1 Å². The van der Waals surface area contributed by atoms with Crippen molar-refractivity contribution < 1.29 is 0 Å². The fourth-order valence-corrected chi connectivity index (χ4v) is 3.41. The third kappa shape index (κ3) is 3.80. The van der Waals surface area contributed by atoms with E-state index >= 15 is 0 Å². The highest BCUT2D eigenvalue weighted by Gasteiger charge is 2.03. The second-order valence-corrected chi connectivity index (χ2v) is 6.92. The first-order valence-electron chi connectivity index (χ1n) is 5.46. The molecule has 4 heteroatoms. The van der Waals surface area contributed by atoms with Gasteiger partial charge in [-0.1, -0.05) is 23.4 Å². The summed E-state index contributed by atoms with van der Waals surface area (Å²) in [6.45, 7) is 0. The Morgan fingerprint density at radius 1 is 1.00 bits per heavy atom. The Morgan fingerprint density at radius 2 is 1.67 bits per heavy atom. The van der Waals surface area contributed by atoms with Gasteiger partial charge >= 0.3 is 0 Å². The van der Waals surface area contributed by atoms with Gasteiger partial charge in [0.2, 0.25) is 0 Å². The first kappa shape index (κ1) is 14.0. The molecule has 0 aliphatic heterocycles. The van der Waals surface area contributed by atoms with Crippen molar-refractivity contribution >= 4 is 51.6 Å². The lowest BCUT2D eigenvalue weighted by Crippen LogP contribution is -2.08. The molecule has 0 N–H and O–H groups in total. The van der Waals surface area contributed by atoms with Crippen LogP contribution < -0.4 is 4.90 Å². The third-order valence-corrected chi connectivity index (χ3v) is 4.28. The molecule has 2 aromatic carbocycles. The smallest absolute Gasteiger partial charge is 0.0406 e. The lowest BCUT2D eigenvalue weighted by molar-refractivity contribution is 1.12. The Kier molecular flexibility index (Phi) is 4.81. The van der Waals surface area contributed by atoms with Gasteiger partial charge in [0.1, 0.15) is 0 Å². The van der Waals surface area contributed by atoms with Crippen molar-refractivity contribution in [1.29, 1.82) is 0 Å². The van der Waals surface area contributed by atoms with Gasteiger partial charge in [0.15, 0.2) is 0 Å². The van der Waals surface area contributed by atoms with Gasteiger partial charge in [0.25, 0.3) is 0 Å². The molecule has 0 bridgehead atoms. The number of rotatable bonds is 3. The highest BCUT2D eigenvalue weighted by Crippen LogP contribution is 2.32. The van der Waals surface area contributed by atoms with Crippen molar-refractivity contribution in [3.8, 4) is 0 Å². The van der Waals surface area contributed by atoms with Crippen LogP contribution in [0.2, 0.25) is 5.02 Å². The zero-order valence-corrected chi connectivity index (χ0v) is 13.9. The number of anilines is 1. The van der Waals surface area contributed by atoms with E-state index in [9.17, 15) is 0 Å². The van der Waals surface area contributed by atoms with Crippen LogP contribution in [-0.2, 0) is 0 Å². The number of halogens is 2. The van der Waals surface area contributed by atoms with Crippen LogP contribution in [0, 0.1) is 3.57 Å². The highest BCUT2D eigenvalue weighted by molar-refractivity contribution is 14.1. The Labute approximate surface area is 131 Å². The van der Waals surface area contributed by atoms with Crippen molar-refractivity contribution in [3.63, 3.8) is 0 Å². The summed E-state index contributed by atoms with van der Waals surface area (Å²) in [5, 5.41) is 0.774. The topological polar surface area (TPSA) is 3.24 Å². The summed E-state index contributed by atoms with van der Waals surface area (Å²) in [6.07, 6.45) is 0. The molecule has 0 heterocycles. The highest BCUT2D eigenvalue weighted by atomic mass is 127. The van der Waals surface area contributed by atoms with Gasteiger partial charge in [0.05, 0.1) is 0 Å². The van der Waals surface area contributed by atoms with Gasteiger partial charge in [-0.3, -0.25) is 0 Å². The monoisotopic (exact) mass is 389 g/mol. The Balaban J connectivity index is 2.26. The third-order valence-electron chi connectivity index (χ3n) is 2.42. The summed E-state index contributed by atoms with van der Waals surface area (Å²) >= 11 is 9.99. The van der Waals surface area contributed by atoms with Gasteiger partial charge in [-0.15, -0.1) is 0 Å². The fourth-order valence-electron chi connectivity index (χ4n) is 1.50. The molecule has 0 aromatic heterocycles. The molecule has 0 aliphatic carbocycles. The average Bonchev–Trinajstić information content (AvgIpc) is 2.31. The van der Waals surface area contributed by atoms with E-state index in [1.165, 1.54) is 19.0 Å². The van der Waals surface area contributed by atoms with Gasteiger partial charge in [-0.2, -0.15) is 0 Å². The lowest BCUT2D eigenvalue weighted by Gasteiger charge is -2.14. The summed E-state index contributed by atoms with van der Waals surface area (Å²) < 4.78 is 1.25. The SMILES string of the molecule is CN(C)c1cc(I)cc(Sc2ccc(Cl)cc2)c1. The molecular weight excluding hydrogens is 377 g/mol. The van der Waals surface area contributed by atoms with Crippen LogP contribution in [0.3, 0.4) is 0 Å². The Morgan fingerprint density at radius 3 is 2.28 bits per heavy atom. The molecule has 0 saturated carbocycles.